The summed E-state index contributed by atoms with van der Waals surface area (Å²) < 4.78 is 6.11. The molecule has 4 heteroatoms. The van der Waals surface area contributed by atoms with Crippen LogP contribution in [0.5, 0.6) is 0 Å². The Bertz CT molecular complexity index is 982. The Morgan fingerprint density at radius 3 is 2.42 bits per heavy atom. The lowest BCUT2D eigenvalue weighted by Crippen LogP contribution is -2.10. The van der Waals surface area contributed by atoms with Crippen LogP contribution in [0.4, 0.5) is 0 Å². The number of rotatable bonds is 3. The van der Waals surface area contributed by atoms with E-state index in [1.807, 2.05) is 63.2 Å². The lowest BCUT2D eigenvalue weighted by atomic mass is 10.1. The van der Waals surface area contributed by atoms with Crippen molar-refractivity contribution in [3.8, 4) is 11.3 Å². The van der Waals surface area contributed by atoms with Gasteiger partial charge in [-0.1, -0.05) is 35.9 Å². The predicted octanol–water partition coefficient (Wildman–Crippen LogP) is 4.01. The summed E-state index contributed by atoms with van der Waals surface area (Å²) in [5.74, 6) is -0.274. The summed E-state index contributed by atoms with van der Waals surface area (Å²) in [6.07, 6.45) is 0. The van der Waals surface area contributed by atoms with E-state index in [2.05, 4.69) is 4.99 Å². The highest BCUT2D eigenvalue weighted by Gasteiger charge is 2.09. The van der Waals surface area contributed by atoms with Crippen molar-refractivity contribution in [3.05, 3.63) is 64.5 Å². The van der Waals surface area contributed by atoms with E-state index in [0.29, 0.717) is 11.1 Å². The van der Waals surface area contributed by atoms with E-state index < -0.39 is 5.97 Å². The standard InChI is InChI=1S/C20H19NO3/c1-12-4-6-15(7-5-12)18-10-17(21-11-19(22)23)16-9-13(2)8-14(3)20(16)24-18/h4-10H,11H2,1-3H3,(H,22,23). The third-order valence-corrected chi connectivity index (χ3v) is 3.90. The number of fused-ring (bicyclic) bond motifs is 1. The van der Waals surface area contributed by atoms with E-state index in [4.69, 9.17) is 9.52 Å². The van der Waals surface area contributed by atoms with Gasteiger partial charge in [-0.3, -0.25) is 9.79 Å². The SMILES string of the molecule is Cc1ccc(-c2cc(=NCC(=O)O)c3cc(C)cc(C)c3o2)cc1. The second-order valence-electron chi connectivity index (χ2n) is 6.03. The smallest absolute Gasteiger partial charge is 0.325 e. The number of hydrogen-bond donors (Lipinski definition) is 1. The normalized spacial score (nSPS) is 11.9. The molecule has 0 amide bonds. The monoisotopic (exact) mass is 321 g/mol. The minimum Gasteiger partial charge on any atom is -0.480 e. The van der Waals surface area contributed by atoms with Crippen LogP contribution in [0.15, 0.2) is 51.9 Å². The maximum absolute atomic E-state index is 10.9. The molecule has 4 nitrogen and oxygen atoms in total. The maximum Gasteiger partial charge on any atom is 0.325 e. The number of benzene rings is 2. The van der Waals surface area contributed by atoms with E-state index in [-0.39, 0.29) is 6.54 Å². The molecule has 24 heavy (non-hydrogen) atoms. The van der Waals surface area contributed by atoms with Gasteiger partial charge in [-0.15, -0.1) is 0 Å². The number of aryl methyl sites for hydroxylation is 3. The Balaban J connectivity index is 2.31. The highest BCUT2D eigenvalue weighted by molar-refractivity contribution is 5.82. The second kappa shape index (κ2) is 6.32. The molecule has 0 saturated carbocycles. The molecule has 1 N–H and O–H groups in total. The van der Waals surface area contributed by atoms with Gasteiger partial charge in [0.1, 0.15) is 17.9 Å². The molecular weight excluding hydrogens is 302 g/mol. The van der Waals surface area contributed by atoms with Gasteiger partial charge in [0.2, 0.25) is 0 Å². The molecule has 0 aliphatic heterocycles. The average Bonchev–Trinajstić information content (AvgIpc) is 2.53. The molecular formula is C20H19NO3. The quantitative estimate of drug-likeness (QED) is 0.793. The molecule has 3 aromatic rings. The first-order valence-corrected chi connectivity index (χ1v) is 7.78. The first-order valence-electron chi connectivity index (χ1n) is 7.78. The first kappa shape index (κ1) is 16.0. The van der Waals surface area contributed by atoms with E-state index in [0.717, 1.165) is 27.7 Å². The summed E-state index contributed by atoms with van der Waals surface area (Å²) >= 11 is 0. The van der Waals surface area contributed by atoms with Crippen molar-refractivity contribution >= 4 is 16.9 Å². The van der Waals surface area contributed by atoms with E-state index in [1.54, 1.807) is 0 Å². The fourth-order valence-electron chi connectivity index (χ4n) is 2.77. The van der Waals surface area contributed by atoms with Gasteiger partial charge in [0.05, 0.1) is 5.36 Å². The van der Waals surface area contributed by atoms with Crippen molar-refractivity contribution in [3.63, 3.8) is 0 Å². The van der Waals surface area contributed by atoms with Crippen LogP contribution < -0.4 is 5.36 Å². The Hall–Kier alpha value is -2.88. The van der Waals surface area contributed by atoms with E-state index >= 15 is 0 Å². The van der Waals surface area contributed by atoms with Crippen molar-refractivity contribution in [1.29, 1.82) is 0 Å². The maximum atomic E-state index is 10.9. The molecule has 0 radical (unpaired) electrons. The molecule has 3 rings (SSSR count). The summed E-state index contributed by atoms with van der Waals surface area (Å²) in [7, 11) is 0. The zero-order valence-electron chi connectivity index (χ0n) is 14.0. The van der Waals surface area contributed by atoms with Crippen molar-refractivity contribution in [2.45, 2.75) is 20.8 Å². The van der Waals surface area contributed by atoms with Gasteiger partial charge in [-0.2, -0.15) is 0 Å². The Kier molecular flexibility index (Phi) is 4.21. The van der Waals surface area contributed by atoms with Gasteiger partial charge in [-0.05, 0) is 38.0 Å². The number of carboxylic acid groups (broad SMARTS) is 1. The Morgan fingerprint density at radius 2 is 1.75 bits per heavy atom. The van der Waals surface area contributed by atoms with E-state index in [1.165, 1.54) is 5.56 Å². The fraction of sp³-hybridized carbons (Fsp3) is 0.200. The van der Waals surface area contributed by atoms with Crippen LogP contribution >= 0.6 is 0 Å². The molecule has 0 aliphatic rings. The second-order valence-corrected chi connectivity index (χ2v) is 6.03. The summed E-state index contributed by atoms with van der Waals surface area (Å²) in [5, 5.41) is 10.4. The molecule has 0 atom stereocenters. The lowest BCUT2D eigenvalue weighted by Gasteiger charge is -2.08. The summed E-state index contributed by atoms with van der Waals surface area (Å²) in [4.78, 5) is 15.2. The zero-order valence-corrected chi connectivity index (χ0v) is 14.0. The van der Waals surface area contributed by atoms with Crippen molar-refractivity contribution in [2.24, 2.45) is 4.99 Å². The van der Waals surface area contributed by atoms with E-state index in [9.17, 15) is 4.79 Å². The van der Waals surface area contributed by atoms with Crippen LogP contribution in [0.25, 0.3) is 22.3 Å². The molecule has 0 fully saturated rings. The zero-order chi connectivity index (χ0) is 17.3. The van der Waals surface area contributed by atoms with Crippen LogP contribution in [0, 0.1) is 20.8 Å². The van der Waals surface area contributed by atoms with Gasteiger partial charge in [0, 0.05) is 17.0 Å². The predicted molar refractivity (Wildman–Crippen MR) is 93.9 cm³/mol. The summed E-state index contributed by atoms with van der Waals surface area (Å²) in [6, 6.07) is 13.9. The van der Waals surface area contributed by atoms with Gasteiger partial charge in [0.25, 0.3) is 0 Å². The first-order chi connectivity index (χ1) is 11.4. The highest BCUT2D eigenvalue weighted by atomic mass is 16.4. The third kappa shape index (κ3) is 3.23. The van der Waals surface area contributed by atoms with Gasteiger partial charge >= 0.3 is 5.97 Å². The van der Waals surface area contributed by atoms with Crippen molar-refractivity contribution in [2.75, 3.05) is 6.54 Å². The molecule has 1 heterocycles. The molecule has 2 aromatic carbocycles. The summed E-state index contributed by atoms with van der Waals surface area (Å²) in [6.45, 7) is 5.75. The summed E-state index contributed by atoms with van der Waals surface area (Å²) in [5.41, 5.74) is 4.94. The largest absolute Gasteiger partial charge is 0.480 e. The Morgan fingerprint density at radius 1 is 1.04 bits per heavy atom. The number of nitrogens with zero attached hydrogens (tertiary/aromatic N) is 1. The van der Waals surface area contributed by atoms with Crippen LogP contribution in [0.3, 0.4) is 0 Å². The van der Waals surface area contributed by atoms with Crippen LogP contribution in [-0.2, 0) is 4.79 Å². The number of carboxylic acids is 1. The minimum absolute atomic E-state index is 0.264. The topological polar surface area (TPSA) is 62.8 Å². The molecule has 0 aliphatic carbocycles. The number of aliphatic carboxylic acids is 1. The van der Waals surface area contributed by atoms with Gasteiger partial charge < -0.3 is 9.52 Å². The Labute approximate surface area is 140 Å². The lowest BCUT2D eigenvalue weighted by molar-refractivity contribution is -0.135. The molecule has 122 valence electrons. The number of hydrogen-bond acceptors (Lipinski definition) is 3. The number of carbonyl (C=O) groups is 1. The van der Waals surface area contributed by atoms with Crippen molar-refractivity contribution < 1.29 is 14.3 Å². The van der Waals surface area contributed by atoms with Crippen LogP contribution in [0.2, 0.25) is 0 Å². The minimum atomic E-state index is -0.954. The third-order valence-electron chi connectivity index (χ3n) is 3.90. The van der Waals surface area contributed by atoms with Crippen molar-refractivity contribution in [1.82, 2.24) is 0 Å². The van der Waals surface area contributed by atoms with Crippen LogP contribution in [0.1, 0.15) is 16.7 Å². The highest BCUT2D eigenvalue weighted by Crippen LogP contribution is 2.25. The molecule has 0 spiro atoms. The fourth-order valence-corrected chi connectivity index (χ4v) is 2.77. The molecule has 0 unspecified atom stereocenters. The van der Waals surface area contributed by atoms with Gasteiger partial charge in [-0.25, -0.2) is 0 Å². The van der Waals surface area contributed by atoms with Gasteiger partial charge in [0.15, 0.2) is 0 Å². The van der Waals surface area contributed by atoms with Crippen LogP contribution in [-0.4, -0.2) is 17.6 Å². The average molecular weight is 321 g/mol. The molecule has 0 saturated heterocycles. The molecule has 1 aromatic heterocycles. The molecule has 0 bridgehead atoms.